The second-order valence-corrected chi connectivity index (χ2v) is 7.72. The van der Waals surface area contributed by atoms with Crippen LogP contribution in [0, 0.1) is 20.8 Å². The number of pyridine rings is 1. The average molecular weight is 437 g/mol. The van der Waals surface area contributed by atoms with Crippen molar-refractivity contribution in [2.75, 3.05) is 0 Å². The molecule has 158 valence electrons. The number of rotatable bonds is 5. The van der Waals surface area contributed by atoms with E-state index in [4.69, 9.17) is 16.3 Å². The first-order valence-electron chi connectivity index (χ1n) is 9.78. The Hall–Kier alpha value is -3.45. The summed E-state index contributed by atoms with van der Waals surface area (Å²) < 4.78 is 8.71. The maximum absolute atomic E-state index is 12.8. The van der Waals surface area contributed by atoms with Crippen LogP contribution in [0.4, 0.5) is 0 Å². The first kappa shape index (κ1) is 20.8. The quantitative estimate of drug-likeness (QED) is 0.444. The maximum atomic E-state index is 12.8. The summed E-state index contributed by atoms with van der Waals surface area (Å²) in [6, 6.07) is 14.3. The van der Waals surface area contributed by atoms with E-state index in [0.29, 0.717) is 39.9 Å². The third-order valence-electron chi connectivity index (χ3n) is 5.15. The SMILES string of the molecule is Cc1nn(Cc2ccccc2Cl)c(C)c1C(=O)OCc1cc(=O)n2c(C)cccc2n1. The van der Waals surface area contributed by atoms with Crippen molar-refractivity contribution in [3.05, 3.63) is 97.8 Å². The monoisotopic (exact) mass is 436 g/mol. The first-order valence-corrected chi connectivity index (χ1v) is 10.2. The van der Waals surface area contributed by atoms with Gasteiger partial charge in [0, 0.05) is 16.8 Å². The Morgan fingerprint density at radius 2 is 1.87 bits per heavy atom. The first-order chi connectivity index (χ1) is 14.8. The standard InChI is InChI=1S/C23H21ClN4O3/c1-14-7-6-10-20-25-18(11-21(29)28(14)20)13-31-23(30)22-15(2)26-27(16(22)3)12-17-8-4-5-9-19(17)24/h4-11H,12-13H2,1-3H3. The summed E-state index contributed by atoms with van der Waals surface area (Å²) in [5.74, 6) is -0.508. The molecule has 0 radical (unpaired) electrons. The van der Waals surface area contributed by atoms with Gasteiger partial charge >= 0.3 is 5.97 Å². The Labute approximate surface area is 183 Å². The number of carbonyl (C=O) groups is 1. The topological polar surface area (TPSA) is 78.5 Å². The van der Waals surface area contributed by atoms with Crippen LogP contribution in [0.3, 0.4) is 0 Å². The molecule has 8 heteroatoms. The van der Waals surface area contributed by atoms with E-state index in [2.05, 4.69) is 10.1 Å². The number of aromatic nitrogens is 4. The fraction of sp³-hybridized carbons (Fsp3) is 0.217. The number of aryl methyl sites for hydroxylation is 2. The molecule has 0 spiro atoms. The smallest absolute Gasteiger partial charge is 0.342 e. The molecule has 0 amide bonds. The zero-order chi connectivity index (χ0) is 22.1. The molecule has 0 aliphatic heterocycles. The van der Waals surface area contributed by atoms with Gasteiger partial charge in [-0.25, -0.2) is 9.78 Å². The number of fused-ring (bicyclic) bond motifs is 1. The number of hydrogen-bond donors (Lipinski definition) is 0. The predicted molar refractivity (Wildman–Crippen MR) is 118 cm³/mol. The summed E-state index contributed by atoms with van der Waals surface area (Å²) >= 11 is 6.25. The number of nitrogens with zero attached hydrogens (tertiary/aromatic N) is 4. The van der Waals surface area contributed by atoms with Crippen molar-refractivity contribution >= 4 is 23.2 Å². The molecule has 0 atom stereocenters. The highest BCUT2D eigenvalue weighted by molar-refractivity contribution is 6.31. The lowest BCUT2D eigenvalue weighted by atomic mass is 10.2. The van der Waals surface area contributed by atoms with Crippen molar-refractivity contribution in [3.63, 3.8) is 0 Å². The third-order valence-corrected chi connectivity index (χ3v) is 5.52. The molecule has 1 aromatic carbocycles. The van der Waals surface area contributed by atoms with E-state index < -0.39 is 5.97 Å². The second-order valence-electron chi connectivity index (χ2n) is 7.32. The molecule has 0 saturated carbocycles. The van der Waals surface area contributed by atoms with Crippen LogP contribution in [0.2, 0.25) is 5.02 Å². The van der Waals surface area contributed by atoms with E-state index in [1.165, 1.54) is 10.5 Å². The largest absolute Gasteiger partial charge is 0.455 e. The van der Waals surface area contributed by atoms with Crippen molar-refractivity contribution in [2.24, 2.45) is 0 Å². The Morgan fingerprint density at radius 1 is 1.10 bits per heavy atom. The summed E-state index contributed by atoms with van der Waals surface area (Å²) in [5.41, 5.74) is 4.04. The van der Waals surface area contributed by atoms with Gasteiger partial charge in [-0.3, -0.25) is 13.9 Å². The highest BCUT2D eigenvalue weighted by atomic mass is 35.5. The van der Waals surface area contributed by atoms with Crippen molar-refractivity contribution in [3.8, 4) is 0 Å². The summed E-state index contributed by atoms with van der Waals surface area (Å²) in [6.45, 7) is 5.75. The Balaban J connectivity index is 1.54. The molecule has 31 heavy (non-hydrogen) atoms. The highest BCUT2D eigenvalue weighted by Crippen LogP contribution is 2.20. The molecule has 4 rings (SSSR count). The lowest BCUT2D eigenvalue weighted by Gasteiger charge is -2.09. The zero-order valence-electron chi connectivity index (χ0n) is 17.4. The number of ether oxygens (including phenoxy) is 1. The van der Waals surface area contributed by atoms with Crippen molar-refractivity contribution in [1.82, 2.24) is 19.2 Å². The predicted octanol–water partition coefficient (Wildman–Crippen LogP) is 3.87. The van der Waals surface area contributed by atoms with Gasteiger partial charge in [0.2, 0.25) is 0 Å². The van der Waals surface area contributed by atoms with Crippen LogP contribution >= 0.6 is 11.6 Å². The van der Waals surface area contributed by atoms with E-state index in [0.717, 1.165) is 11.3 Å². The van der Waals surface area contributed by atoms with E-state index >= 15 is 0 Å². The summed E-state index contributed by atoms with van der Waals surface area (Å²) in [5, 5.41) is 5.12. The van der Waals surface area contributed by atoms with Crippen LogP contribution in [-0.2, 0) is 17.9 Å². The van der Waals surface area contributed by atoms with Gasteiger partial charge in [0.15, 0.2) is 0 Å². The highest BCUT2D eigenvalue weighted by Gasteiger charge is 2.21. The van der Waals surface area contributed by atoms with Crippen LogP contribution in [0.1, 0.15) is 38.7 Å². The number of halogens is 1. The lowest BCUT2D eigenvalue weighted by Crippen LogP contribution is -2.18. The fourth-order valence-corrected chi connectivity index (χ4v) is 3.78. The Morgan fingerprint density at radius 3 is 2.65 bits per heavy atom. The summed E-state index contributed by atoms with van der Waals surface area (Å²) in [6.07, 6.45) is 0. The molecule has 4 aromatic rings. The number of benzene rings is 1. The van der Waals surface area contributed by atoms with E-state index in [-0.39, 0.29) is 12.2 Å². The molecule has 0 aliphatic rings. The molecule has 7 nitrogen and oxygen atoms in total. The van der Waals surface area contributed by atoms with Crippen molar-refractivity contribution in [2.45, 2.75) is 33.9 Å². The summed E-state index contributed by atoms with van der Waals surface area (Å²) in [4.78, 5) is 29.6. The minimum atomic E-state index is -0.508. The van der Waals surface area contributed by atoms with Gasteiger partial charge < -0.3 is 4.74 Å². The molecular weight excluding hydrogens is 416 g/mol. The molecule has 0 N–H and O–H groups in total. The van der Waals surface area contributed by atoms with Crippen LogP contribution in [0.5, 0.6) is 0 Å². The van der Waals surface area contributed by atoms with Gasteiger partial charge in [0.1, 0.15) is 17.8 Å². The number of hydrogen-bond acceptors (Lipinski definition) is 5. The minimum Gasteiger partial charge on any atom is -0.455 e. The van der Waals surface area contributed by atoms with Crippen molar-refractivity contribution < 1.29 is 9.53 Å². The van der Waals surface area contributed by atoms with Crippen LogP contribution < -0.4 is 5.56 Å². The minimum absolute atomic E-state index is 0.104. The van der Waals surface area contributed by atoms with Crippen LogP contribution in [0.25, 0.3) is 5.65 Å². The Bertz CT molecular complexity index is 1360. The number of carbonyl (C=O) groups excluding carboxylic acids is 1. The van der Waals surface area contributed by atoms with Gasteiger partial charge in [-0.05, 0) is 44.5 Å². The average Bonchev–Trinajstić information content (AvgIpc) is 3.01. The molecule has 0 unspecified atom stereocenters. The second kappa shape index (κ2) is 8.35. The number of esters is 1. The van der Waals surface area contributed by atoms with Gasteiger partial charge in [-0.15, -0.1) is 0 Å². The third kappa shape index (κ3) is 4.09. The molecule has 0 bridgehead atoms. The van der Waals surface area contributed by atoms with Gasteiger partial charge in [0.05, 0.1) is 23.6 Å². The molecule has 0 aliphatic carbocycles. The maximum Gasteiger partial charge on any atom is 0.342 e. The molecule has 3 aromatic heterocycles. The van der Waals surface area contributed by atoms with Gasteiger partial charge in [0.25, 0.3) is 5.56 Å². The Kier molecular flexibility index (Phi) is 5.61. The van der Waals surface area contributed by atoms with E-state index in [9.17, 15) is 9.59 Å². The molecule has 0 fully saturated rings. The normalized spacial score (nSPS) is 11.1. The van der Waals surface area contributed by atoms with Crippen LogP contribution in [-0.4, -0.2) is 25.1 Å². The van der Waals surface area contributed by atoms with Gasteiger partial charge in [-0.2, -0.15) is 5.10 Å². The van der Waals surface area contributed by atoms with E-state index in [1.807, 2.05) is 50.2 Å². The zero-order valence-corrected chi connectivity index (χ0v) is 18.2. The fourth-order valence-electron chi connectivity index (χ4n) is 3.58. The molecule has 0 saturated heterocycles. The van der Waals surface area contributed by atoms with Gasteiger partial charge in [-0.1, -0.05) is 35.9 Å². The molecule has 3 heterocycles. The molecular formula is C23H21ClN4O3. The van der Waals surface area contributed by atoms with Crippen molar-refractivity contribution in [1.29, 1.82) is 0 Å². The van der Waals surface area contributed by atoms with E-state index in [1.54, 1.807) is 17.7 Å². The lowest BCUT2D eigenvalue weighted by molar-refractivity contribution is 0.0466. The summed E-state index contributed by atoms with van der Waals surface area (Å²) in [7, 11) is 0. The van der Waals surface area contributed by atoms with Crippen LogP contribution in [0.15, 0.2) is 53.3 Å².